The Hall–Kier alpha value is -3.88. The van der Waals surface area contributed by atoms with E-state index >= 15 is 0 Å². The number of imidazole rings is 1. The van der Waals surface area contributed by atoms with E-state index in [4.69, 9.17) is 0 Å². The molecule has 9 nitrogen and oxygen atoms in total. The van der Waals surface area contributed by atoms with Crippen LogP contribution in [0.2, 0.25) is 0 Å². The number of pyridine rings is 1. The number of ketones is 1. The molecule has 0 amide bonds. The third-order valence-corrected chi connectivity index (χ3v) is 7.41. The van der Waals surface area contributed by atoms with Crippen molar-refractivity contribution in [3.05, 3.63) is 70.7 Å². The molecule has 5 rings (SSSR count). The Labute approximate surface area is 216 Å². The second-order valence-electron chi connectivity index (χ2n) is 9.98. The molecule has 192 valence electrons. The number of hydrogen-bond donors (Lipinski definition) is 1. The zero-order chi connectivity index (χ0) is 25.8. The van der Waals surface area contributed by atoms with Crippen molar-refractivity contribution in [2.24, 2.45) is 5.92 Å². The molecule has 1 N–H and O–H groups in total. The van der Waals surface area contributed by atoms with E-state index in [0.29, 0.717) is 18.8 Å². The number of aromatic amines is 1. The molecule has 1 aromatic carbocycles. The molecule has 2 atom stereocenters. The predicted octanol–water partition coefficient (Wildman–Crippen LogP) is 4.60. The Morgan fingerprint density at radius 2 is 1.89 bits per heavy atom. The number of aryl methyl sites for hydroxylation is 1. The molecule has 0 saturated heterocycles. The van der Waals surface area contributed by atoms with E-state index in [2.05, 4.69) is 39.5 Å². The summed E-state index contributed by atoms with van der Waals surface area (Å²) >= 11 is 0. The van der Waals surface area contributed by atoms with Gasteiger partial charge in [-0.1, -0.05) is 51.0 Å². The minimum Gasteiger partial charge on any atom is -0.297 e. The van der Waals surface area contributed by atoms with E-state index in [1.807, 2.05) is 47.3 Å². The molecule has 0 spiro atoms. The Morgan fingerprint density at radius 3 is 2.65 bits per heavy atom. The van der Waals surface area contributed by atoms with Gasteiger partial charge in [-0.25, -0.2) is 4.79 Å². The zero-order valence-electron chi connectivity index (χ0n) is 21.4. The van der Waals surface area contributed by atoms with Crippen LogP contribution in [0.25, 0.3) is 22.5 Å². The first-order valence-corrected chi connectivity index (χ1v) is 13.2. The number of carbonyl (C=O) groups excluding carboxylic acids is 1. The van der Waals surface area contributed by atoms with Gasteiger partial charge in [0.2, 0.25) is 5.82 Å². The lowest BCUT2D eigenvalue weighted by atomic mass is 9.96. The second kappa shape index (κ2) is 11.0. The number of Topliss-reactive ketones (excluding diaryl/α,β-unsaturated/α-hetero) is 1. The molecule has 4 aromatic rings. The van der Waals surface area contributed by atoms with E-state index in [1.54, 1.807) is 10.8 Å². The van der Waals surface area contributed by atoms with Gasteiger partial charge in [-0.2, -0.15) is 5.21 Å². The summed E-state index contributed by atoms with van der Waals surface area (Å²) in [5.74, 6) is 0.863. The summed E-state index contributed by atoms with van der Waals surface area (Å²) in [6.07, 6.45) is 11.8. The van der Waals surface area contributed by atoms with Gasteiger partial charge in [-0.3, -0.25) is 18.9 Å². The highest BCUT2D eigenvalue weighted by atomic mass is 16.2. The lowest BCUT2D eigenvalue weighted by Crippen LogP contribution is -2.34. The number of tetrazole rings is 1. The maximum absolute atomic E-state index is 13.8. The summed E-state index contributed by atoms with van der Waals surface area (Å²) in [7, 11) is 0. The highest BCUT2D eigenvalue weighted by molar-refractivity contribution is 5.83. The largest absolute Gasteiger partial charge is 0.329 e. The SMILES string of the molecule is CCCCc1cn(C2C(=O)CCCCC2C)c(=O)n1Cc1cnccc1-c1ccc(-c2nn[nH]n2)cc1. The summed E-state index contributed by atoms with van der Waals surface area (Å²) in [6.45, 7) is 4.64. The van der Waals surface area contributed by atoms with Gasteiger partial charge in [0.1, 0.15) is 0 Å². The van der Waals surface area contributed by atoms with Crippen LogP contribution in [0.1, 0.15) is 69.7 Å². The number of H-pyrrole nitrogens is 1. The maximum Gasteiger partial charge on any atom is 0.329 e. The van der Waals surface area contributed by atoms with E-state index in [0.717, 1.165) is 66.5 Å². The molecule has 1 aliphatic rings. The Bertz CT molecular complexity index is 1400. The molecular formula is C28H33N7O2. The number of rotatable bonds is 8. The van der Waals surface area contributed by atoms with Gasteiger partial charge in [-0.05, 0) is 59.6 Å². The molecule has 0 bridgehead atoms. The van der Waals surface area contributed by atoms with Gasteiger partial charge >= 0.3 is 5.69 Å². The number of carbonyl (C=O) groups is 1. The van der Waals surface area contributed by atoms with Gasteiger partial charge in [0.05, 0.1) is 12.6 Å². The van der Waals surface area contributed by atoms with Crippen LogP contribution in [0.5, 0.6) is 0 Å². The number of benzene rings is 1. The summed E-state index contributed by atoms with van der Waals surface area (Å²) in [4.78, 5) is 31.2. The Kier molecular flexibility index (Phi) is 7.39. The summed E-state index contributed by atoms with van der Waals surface area (Å²) < 4.78 is 3.56. The minimum atomic E-state index is -0.386. The number of nitrogens with zero attached hydrogens (tertiary/aromatic N) is 6. The standard InChI is InChI=1S/C28H33N7O2/c1-3-4-8-23-18-35(26-19(2)7-5-6-9-25(26)36)28(37)34(23)17-22-16-29-15-14-24(22)20-10-12-21(13-11-20)27-30-32-33-31-27/h10-16,18-19,26H,3-9,17H2,1-2H3,(H,30,31,32,33). The molecule has 1 saturated carbocycles. The summed E-state index contributed by atoms with van der Waals surface area (Å²) in [6, 6.07) is 9.54. The van der Waals surface area contributed by atoms with Crippen LogP contribution in [0.4, 0.5) is 0 Å². The average Bonchev–Trinajstić information content (AvgIpc) is 3.51. The first-order valence-electron chi connectivity index (χ1n) is 13.2. The van der Waals surface area contributed by atoms with Crippen molar-refractivity contribution < 1.29 is 4.79 Å². The first-order chi connectivity index (χ1) is 18.1. The summed E-state index contributed by atoms with van der Waals surface area (Å²) in [5.41, 5.74) is 4.70. The van der Waals surface area contributed by atoms with E-state index in [-0.39, 0.29) is 23.4 Å². The van der Waals surface area contributed by atoms with Crippen LogP contribution in [-0.4, -0.2) is 40.5 Å². The van der Waals surface area contributed by atoms with Crippen LogP contribution in [-0.2, 0) is 17.8 Å². The zero-order valence-corrected chi connectivity index (χ0v) is 21.4. The number of aromatic nitrogens is 7. The fourth-order valence-electron chi connectivity index (χ4n) is 5.38. The second-order valence-corrected chi connectivity index (χ2v) is 9.98. The fraction of sp³-hybridized carbons (Fsp3) is 0.429. The third kappa shape index (κ3) is 5.16. The number of hydrogen-bond acceptors (Lipinski definition) is 6. The Balaban J connectivity index is 1.51. The van der Waals surface area contributed by atoms with E-state index in [9.17, 15) is 9.59 Å². The molecule has 3 aromatic heterocycles. The van der Waals surface area contributed by atoms with Gasteiger partial charge < -0.3 is 0 Å². The van der Waals surface area contributed by atoms with E-state index in [1.165, 1.54) is 0 Å². The van der Waals surface area contributed by atoms with Gasteiger partial charge in [0.25, 0.3) is 0 Å². The average molecular weight is 500 g/mol. The molecule has 0 radical (unpaired) electrons. The molecule has 1 fully saturated rings. The summed E-state index contributed by atoms with van der Waals surface area (Å²) in [5, 5.41) is 14.2. The smallest absolute Gasteiger partial charge is 0.297 e. The van der Waals surface area contributed by atoms with Crippen molar-refractivity contribution in [2.45, 2.75) is 71.4 Å². The quantitative estimate of drug-likeness (QED) is 0.355. The normalized spacial score (nSPS) is 18.2. The van der Waals surface area contributed by atoms with Crippen molar-refractivity contribution in [2.75, 3.05) is 0 Å². The molecule has 1 aliphatic carbocycles. The van der Waals surface area contributed by atoms with Crippen molar-refractivity contribution >= 4 is 5.78 Å². The highest BCUT2D eigenvalue weighted by Crippen LogP contribution is 2.30. The van der Waals surface area contributed by atoms with Crippen LogP contribution in [0.15, 0.2) is 53.7 Å². The van der Waals surface area contributed by atoms with Crippen LogP contribution >= 0.6 is 0 Å². The van der Waals surface area contributed by atoms with Crippen molar-refractivity contribution in [1.82, 2.24) is 34.7 Å². The third-order valence-electron chi connectivity index (χ3n) is 7.41. The molecule has 37 heavy (non-hydrogen) atoms. The van der Waals surface area contributed by atoms with E-state index < -0.39 is 0 Å². The fourth-order valence-corrected chi connectivity index (χ4v) is 5.38. The van der Waals surface area contributed by atoms with Gasteiger partial charge in [0, 0.05) is 36.3 Å². The van der Waals surface area contributed by atoms with Crippen LogP contribution < -0.4 is 5.69 Å². The molecule has 0 aliphatic heterocycles. The van der Waals surface area contributed by atoms with Crippen molar-refractivity contribution in [1.29, 1.82) is 0 Å². The predicted molar refractivity (Wildman–Crippen MR) is 141 cm³/mol. The Morgan fingerprint density at radius 1 is 1.08 bits per heavy atom. The maximum atomic E-state index is 13.8. The van der Waals surface area contributed by atoms with Gasteiger partial charge in [-0.15, -0.1) is 10.2 Å². The molecular weight excluding hydrogens is 466 g/mol. The number of unbranched alkanes of at least 4 members (excludes halogenated alkanes) is 1. The van der Waals surface area contributed by atoms with Crippen molar-refractivity contribution in [3.63, 3.8) is 0 Å². The molecule has 9 heteroatoms. The van der Waals surface area contributed by atoms with Crippen molar-refractivity contribution in [3.8, 4) is 22.5 Å². The highest BCUT2D eigenvalue weighted by Gasteiger charge is 2.31. The first kappa shape index (κ1) is 24.8. The number of nitrogens with one attached hydrogen (secondary N) is 1. The van der Waals surface area contributed by atoms with Crippen LogP contribution in [0.3, 0.4) is 0 Å². The molecule has 2 unspecified atom stereocenters. The lowest BCUT2D eigenvalue weighted by Gasteiger charge is -2.20. The minimum absolute atomic E-state index is 0.111. The topological polar surface area (TPSA) is 111 Å². The molecule has 3 heterocycles. The lowest BCUT2D eigenvalue weighted by molar-refractivity contribution is -0.123. The van der Waals surface area contributed by atoms with Crippen LogP contribution in [0, 0.1) is 5.92 Å². The monoisotopic (exact) mass is 499 g/mol. The van der Waals surface area contributed by atoms with Gasteiger partial charge in [0.15, 0.2) is 5.78 Å².